The Kier molecular flexibility index (Phi) is 6.45. The molecular weight excluding hydrogens is 320 g/mol. The summed E-state index contributed by atoms with van der Waals surface area (Å²) in [4.78, 5) is 15.0. The number of hydrogen-bond acceptors (Lipinski definition) is 2. The van der Waals surface area contributed by atoms with Crippen LogP contribution in [0.5, 0.6) is 0 Å². The van der Waals surface area contributed by atoms with Gasteiger partial charge in [-0.2, -0.15) is 0 Å². The van der Waals surface area contributed by atoms with E-state index in [0.717, 1.165) is 24.1 Å². The number of piperidine rings is 1. The normalized spacial score (nSPS) is 16.2. The van der Waals surface area contributed by atoms with Gasteiger partial charge in [0.05, 0.1) is 6.04 Å². The second kappa shape index (κ2) is 9.00. The van der Waals surface area contributed by atoms with Gasteiger partial charge in [-0.25, -0.2) is 0 Å². The van der Waals surface area contributed by atoms with Crippen molar-refractivity contribution in [1.29, 1.82) is 0 Å². The third kappa shape index (κ3) is 4.95. The summed E-state index contributed by atoms with van der Waals surface area (Å²) in [6, 6.07) is 16.5. The summed E-state index contributed by atoms with van der Waals surface area (Å²) in [5.41, 5.74) is 4.46. The fourth-order valence-corrected chi connectivity index (χ4v) is 3.54. The second-order valence-electron chi connectivity index (χ2n) is 7.32. The minimum Gasteiger partial charge on any atom is -0.346 e. The monoisotopic (exact) mass is 350 g/mol. The predicted octanol–water partition coefficient (Wildman–Crippen LogP) is 4.73. The third-order valence-corrected chi connectivity index (χ3v) is 5.31. The lowest BCUT2D eigenvalue weighted by Gasteiger charge is -2.26. The number of hydrogen-bond donors (Lipinski definition) is 1. The number of carbonyl (C=O) groups is 1. The zero-order valence-electron chi connectivity index (χ0n) is 16.0. The highest BCUT2D eigenvalue weighted by Crippen LogP contribution is 2.16. The average molecular weight is 351 g/mol. The summed E-state index contributed by atoms with van der Waals surface area (Å²) in [5.74, 6) is -0.0124. The molecule has 0 aliphatic carbocycles. The Hall–Kier alpha value is -2.13. The van der Waals surface area contributed by atoms with E-state index >= 15 is 0 Å². The molecule has 138 valence electrons. The molecule has 0 unspecified atom stereocenters. The number of nitrogens with zero attached hydrogens (tertiary/aromatic N) is 1. The molecule has 1 aliphatic heterocycles. The number of benzene rings is 2. The van der Waals surface area contributed by atoms with Crippen molar-refractivity contribution in [2.75, 3.05) is 13.1 Å². The van der Waals surface area contributed by atoms with E-state index in [4.69, 9.17) is 0 Å². The minimum absolute atomic E-state index is 0.00133. The first-order chi connectivity index (χ1) is 12.7. The van der Waals surface area contributed by atoms with E-state index < -0.39 is 0 Å². The molecule has 1 saturated heterocycles. The number of aryl methyl sites for hydroxylation is 1. The number of carbonyl (C=O) groups excluding carboxylic acids is 1. The summed E-state index contributed by atoms with van der Waals surface area (Å²) in [7, 11) is 0. The highest BCUT2D eigenvalue weighted by atomic mass is 16.1. The molecule has 0 radical (unpaired) electrons. The first-order valence-electron chi connectivity index (χ1n) is 9.86. The SMILES string of the molecule is CCc1ccc([C@H](C)NC(=O)c2ccc(CN3CCCCC3)cc2)cc1. The Morgan fingerprint density at radius 2 is 1.58 bits per heavy atom. The molecule has 1 heterocycles. The minimum atomic E-state index is -0.0124. The first kappa shape index (κ1) is 18.7. The number of nitrogens with one attached hydrogen (secondary N) is 1. The van der Waals surface area contributed by atoms with Gasteiger partial charge < -0.3 is 5.32 Å². The van der Waals surface area contributed by atoms with E-state index in [1.54, 1.807) is 0 Å². The molecule has 0 spiro atoms. The van der Waals surface area contributed by atoms with Crippen molar-refractivity contribution in [2.45, 2.75) is 52.1 Å². The average Bonchev–Trinajstić information content (AvgIpc) is 2.69. The zero-order chi connectivity index (χ0) is 18.4. The van der Waals surface area contributed by atoms with Gasteiger partial charge in [0.2, 0.25) is 0 Å². The second-order valence-corrected chi connectivity index (χ2v) is 7.32. The molecule has 2 aromatic carbocycles. The molecule has 1 atom stereocenters. The number of rotatable bonds is 6. The molecule has 0 bridgehead atoms. The molecule has 2 aromatic rings. The summed E-state index contributed by atoms with van der Waals surface area (Å²) in [5, 5.41) is 3.10. The van der Waals surface area contributed by atoms with Gasteiger partial charge in [0.1, 0.15) is 0 Å². The summed E-state index contributed by atoms with van der Waals surface area (Å²) >= 11 is 0. The van der Waals surface area contributed by atoms with Crippen LogP contribution in [0.3, 0.4) is 0 Å². The van der Waals surface area contributed by atoms with E-state index in [2.05, 4.69) is 53.5 Å². The Bertz CT molecular complexity index is 700. The van der Waals surface area contributed by atoms with Crippen molar-refractivity contribution >= 4 is 5.91 Å². The Morgan fingerprint density at radius 3 is 2.19 bits per heavy atom. The Balaban J connectivity index is 1.56. The molecule has 1 aliphatic rings. The van der Waals surface area contributed by atoms with E-state index in [-0.39, 0.29) is 11.9 Å². The van der Waals surface area contributed by atoms with E-state index in [0.29, 0.717) is 0 Å². The van der Waals surface area contributed by atoms with E-state index in [1.807, 2.05) is 19.1 Å². The van der Waals surface area contributed by atoms with E-state index in [1.165, 1.54) is 43.5 Å². The van der Waals surface area contributed by atoms with Crippen molar-refractivity contribution < 1.29 is 4.79 Å². The van der Waals surface area contributed by atoms with Gasteiger partial charge in [-0.05, 0) is 68.1 Å². The highest BCUT2D eigenvalue weighted by Gasteiger charge is 2.13. The molecule has 3 heteroatoms. The van der Waals surface area contributed by atoms with Gasteiger partial charge in [-0.3, -0.25) is 9.69 Å². The van der Waals surface area contributed by atoms with Crippen LogP contribution in [0.15, 0.2) is 48.5 Å². The quantitative estimate of drug-likeness (QED) is 0.817. The van der Waals surface area contributed by atoms with Crippen molar-refractivity contribution in [1.82, 2.24) is 10.2 Å². The van der Waals surface area contributed by atoms with Crippen LogP contribution in [-0.2, 0) is 13.0 Å². The van der Waals surface area contributed by atoms with Crippen LogP contribution < -0.4 is 5.32 Å². The number of amides is 1. The fraction of sp³-hybridized carbons (Fsp3) is 0.435. The van der Waals surface area contributed by atoms with Crippen LogP contribution in [0.4, 0.5) is 0 Å². The molecule has 1 fully saturated rings. The summed E-state index contributed by atoms with van der Waals surface area (Å²) in [6.07, 6.45) is 5.00. The maximum absolute atomic E-state index is 12.5. The van der Waals surface area contributed by atoms with Crippen molar-refractivity contribution in [3.05, 3.63) is 70.8 Å². The van der Waals surface area contributed by atoms with E-state index in [9.17, 15) is 4.79 Å². The molecule has 3 nitrogen and oxygen atoms in total. The van der Waals surface area contributed by atoms with Crippen molar-refractivity contribution in [3.63, 3.8) is 0 Å². The topological polar surface area (TPSA) is 32.3 Å². The van der Waals surface area contributed by atoms with Crippen LogP contribution in [0.25, 0.3) is 0 Å². The van der Waals surface area contributed by atoms with Crippen molar-refractivity contribution in [3.8, 4) is 0 Å². The molecule has 1 N–H and O–H groups in total. The van der Waals surface area contributed by atoms with Crippen LogP contribution in [-0.4, -0.2) is 23.9 Å². The lowest BCUT2D eigenvalue weighted by Crippen LogP contribution is -2.29. The zero-order valence-corrected chi connectivity index (χ0v) is 16.0. The maximum Gasteiger partial charge on any atom is 0.251 e. The Labute approximate surface area is 157 Å². The van der Waals surface area contributed by atoms with Gasteiger partial charge >= 0.3 is 0 Å². The molecule has 26 heavy (non-hydrogen) atoms. The predicted molar refractivity (Wildman–Crippen MR) is 107 cm³/mol. The lowest BCUT2D eigenvalue weighted by atomic mass is 10.0. The van der Waals surface area contributed by atoms with Gasteiger partial charge in [0.25, 0.3) is 5.91 Å². The lowest BCUT2D eigenvalue weighted by molar-refractivity contribution is 0.0940. The standard InChI is InChI=1S/C23H30N2O/c1-3-19-7-11-21(12-8-19)18(2)24-23(26)22-13-9-20(10-14-22)17-25-15-5-4-6-16-25/h7-14,18H,3-6,15-17H2,1-2H3,(H,24,26)/t18-/m0/s1. The fourth-order valence-electron chi connectivity index (χ4n) is 3.54. The van der Waals surface area contributed by atoms with Crippen LogP contribution in [0.2, 0.25) is 0 Å². The van der Waals surface area contributed by atoms with Crippen LogP contribution in [0, 0.1) is 0 Å². The van der Waals surface area contributed by atoms with Crippen LogP contribution >= 0.6 is 0 Å². The maximum atomic E-state index is 12.5. The summed E-state index contributed by atoms with van der Waals surface area (Å²) in [6.45, 7) is 7.55. The summed E-state index contributed by atoms with van der Waals surface area (Å²) < 4.78 is 0. The molecular formula is C23H30N2O. The molecule has 1 amide bonds. The molecule has 3 rings (SSSR count). The first-order valence-corrected chi connectivity index (χ1v) is 9.86. The van der Waals surface area contributed by atoms with Crippen molar-refractivity contribution in [2.24, 2.45) is 0 Å². The van der Waals surface area contributed by atoms with Crippen LogP contribution in [0.1, 0.15) is 66.2 Å². The molecule has 0 aromatic heterocycles. The number of likely N-dealkylation sites (tertiary alicyclic amines) is 1. The largest absolute Gasteiger partial charge is 0.346 e. The smallest absolute Gasteiger partial charge is 0.251 e. The third-order valence-electron chi connectivity index (χ3n) is 5.31. The van der Waals surface area contributed by atoms with Gasteiger partial charge in [-0.1, -0.05) is 49.7 Å². The van der Waals surface area contributed by atoms with Gasteiger partial charge in [-0.15, -0.1) is 0 Å². The molecule has 0 saturated carbocycles. The Morgan fingerprint density at radius 1 is 0.962 bits per heavy atom. The van der Waals surface area contributed by atoms with Gasteiger partial charge in [0, 0.05) is 12.1 Å². The highest BCUT2D eigenvalue weighted by molar-refractivity contribution is 5.94. The van der Waals surface area contributed by atoms with Gasteiger partial charge in [0.15, 0.2) is 0 Å².